The molecule has 0 aliphatic carbocycles. The zero-order chi connectivity index (χ0) is 12.8. The average molecular weight is 242 g/mol. The van der Waals surface area contributed by atoms with Gasteiger partial charge in [-0.15, -0.1) is 0 Å². The molecule has 0 saturated carbocycles. The highest BCUT2D eigenvalue weighted by Crippen LogP contribution is 2.17. The lowest BCUT2D eigenvalue weighted by Crippen LogP contribution is -2.05. The van der Waals surface area contributed by atoms with Crippen LogP contribution in [0.2, 0.25) is 0 Å². The molecule has 3 nitrogen and oxygen atoms in total. The van der Waals surface area contributed by atoms with E-state index in [0.717, 1.165) is 23.7 Å². The first kappa shape index (κ1) is 12.4. The van der Waals surface area contributed by atoms with E-state index in [1.807, 2.05) is 30.3 Å². The van der Waals surface area contributed by atoms with Gasteiger partial charge in [-0.1, -0.05) is 18.2 Å². The van der Waals surface area contributed by atoms with Crippen molar-refractivity contribution in [3.63, 3.8) is 0 Å². The molecule has 1 aromatic heterocycles. The van der Waals surface area contributed by atoms with Crippen LogP contribution in [0.25, 0.3) is 0 Å². The predicted molar refractivity (Wildman–Crippen MR) is 73.9 cm³/mol. The van der Waals surface area contributed by atoms with Crippen molar-refractivity contribution >= 4 is 5.82 Å². The van der Waals surface area contributed by atoms with E-state index in [2.05, 4.69) is 30.2 Å². The number of rotatable bonds is 5. The fourth-order valence-electron chi connectivity index (χ4n) is 1.75. The molecule has 0 radical (unpaired) electrons. The van der Waals surface area contributed by atoms with Crippen molar-refractivity contribution in [3.8, 4) is 5.75 Å². The van der Waals surface area contributed by atoms with E-state index in [4.69, 9.17) is 4.74 Å². The minimum atomic E-state index is 0.527. The van der Waals surface area contributed by atoms with Crippen LogP contribution in [0.4, 0.5) is 5.82 Å². The quantitative estimate of drug-likeness (QED) is 0.872. The third-order valence-corrected chi connectivity index (χ3v) is 2.62. The van der Waals surface area contributed by atoms with Crippen LogP contribution in [-0.4, -0.2) is 11.5 Å². The first-order chi connectivity index (χ1) is 8.79. The first-order valence-electron chi connectivity index (χ1n) is 6.17. The summed E-state index contributed by atoms with van der Waals surface area (Å²) in [6.07, 6.45) is 1.79. The van der Waals surface area contributed by atoms with Gasteiger partial charge in [-0.2, -0.15) is 0 Å². The average Bonchev–Trinajstić information content (AvgIpc) is 2.38. The van der Waals surface area contributed by atoms with Gasteiger partial charge in [0, 0.05) is 18.3 Å². The van der Waals surface area contributed by atoms with Gasteiger partial charge in [-0.3, -0.25) is 0 Å². The number of anilines is 1. The third-order valence-electron chi connectivity index (χ3n) is 2.62. The Kier molecular flexibility index (Phi) is 4.18. The molecule has 18 heavy (non-hydrogen) atoms. The van der Waals surface area contributed by atoms with Crippen molar-refractivity contribution < 1.29 is 4.74 Å². The summed E-state index contributed by atoms with van der Waals surface area (Å²) in [5.74, 6) is 1.79. The summed E-state index contributed by atoms with van der Waals surface area (Å²) in [6, 6.07) is 12.0. The Morgan fingerprint density at radius 1 is 1.22 bits per heavy atom. The van der Waals surface area contributed by atoms with Crippen LogP contribution in [0.3, 0.4) is 0 Å². The van der Waals surface area contributed by atoms with Crippen molar-refractivity contribution in [2.75, 3.05) is 11.9 Å². The van der Waals surface area contributed by atoms with E-state index >= 15 is 0 Å². The Labute approximate surface area is 108 Å². The van der Waals surface area contributed by atoms with E-state index in [-0.39, 0.29) is 0 Å². The Morgan fingerprint density at radius 3 is 2.89 bits per heavy atom. The molecule has 2 aromatic rings. The molecule has 0 aliphatic rings. The maximum absolute atomic E-state index is 5.78. The fraction of sp³-hybridized carbons (Fsp3) is 0.267. The van der Waals surface area contributed by atoms with E-state index in [1.54, 1.807) is 6.20 Å². The molecular weight excluding hydrogens is 224 g/mol. The Morgan fingerprint density at radius 2 is 2.11 bits per heavy atom. The van der Waals surface area contributed by atoms with E-state index in [1.165, 1.54) is 5.56 Å². The summed E-state index contributed by atoms with van der Waals surface area (Å²) >= 11 is 0. The Balaban J connectivity index is 2.06. The van der Waals surface area contributed by atoms with Crippen molar-refractivity contribution in [1.82, 2.24) is 4.98 Å². The molecule has 1 heterocycles. The molecule has 0 saturated heterocycles. The number of aromatic nitrogens is 1. The number of nitrogens with zero attached hydrogens (tertiary/aromatic N) is 1. The zero-order valence-electron chi connectivity index (χ0n) is 10.8. The van der Waals surface area contributed by atoms with Gasteiger partial charge in [0.2, 0.25) is 0 Å². The van der Waals surface area contributed by atoms with Gasteiger partial charge in [-0.25, -0.2) is 4.98 Å². The lowest BCUT2D eigenvalue weighted by Gasteiger charge is -2.11. The molecule has 94 valence electrons. The van der Waals surface area contributed by atoms with Crippen LogP contribution in [-0.2, 0) is 6.61 Å². The van der Waals surface area contributed by atoms with Crippen LogP contribution in [0, 0.1) is 6.92 Å². The smallest absolute Gasteiger partial charge is 0.132 e. The van der Waals surface area contributed by atoms with Crippen LogP contribution in [0.15, 0.2) is 42.6 Å². The number of aryl methyl sites for hydroxylation is 1. The molecule has 0 fully saturated rings. The molecular formula is C15H18N2O. The van der Waals surface area contributed by atoms with Gasteiger partial charge in [0.05, 0.1) is 0 Å². The van der Waals surface area contributed by atoms with Crippen LogP contribution in [0.5, 0.6) is 5.75 Å². The number of ether oxygens (including phenoxy) is 1. The largest absolute Gasteiger partial charge is 0.489 e. The normalized spacial score (nSPS) is 10.1. The molecule has 0 bridgehead atoms. The van der Waals surface area contributed by atoms with Crippen molar-refractivity contribution in [3.05, 3.63) is 53.7 Å². The summed E-state index contributed by atoms with van der Waals surface area (Å²) in [7, 11) is 0. The molecule has 0 unspecified atom stereocenters. The summed E-state index contributed by atoms with van der Waals surface area (Å²) in [5.41, 5.74) is 2.27. The predicted octanol–water partition coefficient (Wildman–Crippen LogP) is 3.40. The first-order valence-corrected chi connectivity index (χ1v) is 6.17. The Hall–Kier alpha value is -2.03. The van der Waals surface area contributed by atoms with Gasteiger partial charge in [-0.05, 0) is 37.6 Å². The van der Waals surface area contributed by atoms with Crippen molar-refractivity contribution in [1.29, 1.82) is 0 Å². The van der Waals surface area contributed by atoms with Gasteiger partial charge < -0.3 is 10.1 Å². The van der Waals surface area contributed by atoms with E-state index in [9.17, 15) is 0 Å². The zero-order valence-corrected chi connectivity index (χ0v) is 10.8. The van der Waals surface area contributed by atoms with E-state index < -0.39 is 0 Å². The second-order valence-corrected chi connectivity index (χ2v) is 4.15. The molecule has 3 heteroatoms. The monoisotopic (exact) mass is 242 g/mol. The highest BCUT2D eigenvalue weighted by atomic mass is 16.5. The van der Waals surface area contributed by atoms with Crippen LogP contribution in [0.1, 0.15) is 18.1 Å². The number of hydrogen-bond acceptors (Lipinski definition) is 3. The number of pyridine rings is 1. The molecule has 1 N–H and O–H groups in total. The number of benzene rings is 1. The highest BCUT2D eigenvalue weighted by Gasteiger charge is 2.03. The SMILES string of the molecule is CCNc1ncccc1COc1cccc(C)c1. The summed E-state index contributed by atoms with van der Waals surface area (Å²) in [5, 5.41) is 3.23. The van der Waals surface area contributed by atoms with Gasteiger partial charge in [0.25, 0.3) is 0 Å². The lowest BCUT2D eigenvalue weighted by atomic mass is 10.2. The molecule has 0 aliphatic heterocycles. The second kappa shape index (κ2) is 6.05. The topological polar surface area (TPSA) is 34.2 Å². The molecule has 0 amide bonds. The molecule has 1 aromatic carbocycles. The maximum Gasteiger partial charge on any atom is 0.132 e. The van der Waals surface area contributed by atoms with Crippen molar-refractivity contribution in [2.24, 2.45) is 0 Å². The van der Waals surface area contributed by atoms with Crippen LogP contribution >= 0.6 is 0 Å². The molecule has 0 atom stereocenters. The third kappa shape index (κ3) is 3.23. The van der Waals surface area contributed by atoms with Gasteiger partial charge >= 0.3 is 0 Å². The summed E-state index contributed by atoms with van der Waals surface area (Å²) in [6.45, 7) is 5.49. The Bertz CT molecular complexity index is 511. The second-order valence-electron chi connectivity index (χ2n) is 4.15. The minimum absolute atomic E-state index is 0.527. The number of nitrogens with one attached hydrogen (secondary N) is 1. The maximum atomic E-state index is 5.78. The van der Waals surface area contributed by atoms with Crippen molar-refractivity contribution in [2.45, 2.75) is 20.5 Å². The molecule has 2 rings (SSSR count). The van der Waals surface area contributed by atoms with Crippen LogP contribution < -0.4 is 10.1 Å². The minimum Gasteiger partial charge on any atom is -0.489 e. The highest BCUT2D eigenvalue weighted by molar-refractivity contribution is 5.43. The fourth-order valence-corrected chi connectivity index (χ4v) is 1.75. The standard InChI is InChI=1S/C15H18N2O/c1-3-16-15-13(7-5-9-17-15)11-18-14-8-4-6-12(2)10-14/h4-10H,3,11H2,1-2H3,(H,16,17). The van der Waals surface area contributed by atoms with Gasteiger partial charge in [0.15, 0.2) is 0 Å². The molecule has 0 spiro atoms. The van der Waals surface area contributed by atoms with E-state index in [0.29, 0.717) is 6.61 Å². The summed E-state index contributed by atoms with van der Waals surface area (Å²) in [4.78, 5) is 4.31. The van der Waals surface area contributed by atoms with Gasteiger partial charge in [0.1, 0.15) is 18.2 Å². The number of hydrogen-bond donors (Lipinski definition) is 1. The summed E-state index contributed by atoms with van der Waals surface area (Å²) < 4.78 is 5.78. The lowest BCUT2D eigenvalue weighted by molar-refractivity contribution is 0.306.